The molecule has 2 atom stereocenters. The average molecular weight is 275 g/mol. The molecular weight excluding hydrogens is 254 g/mol. The monoisotopic (exact) mass is 275 g/mol. The van der Waals surface area contributed by atoms with Gasteiger partial charge in [-0.2, -0.15) is 0 Å². The van der Waals surface area contributed by atoms with Crippen molar-refractivity contribution in [1.82, 2.24) is 4.90 Å². The first-order valence-corrected chi connectivity index (χ1v) is 6.87. The molecule has 1 aliphatic carbocycles. The van der Waals surface area contributed by atoms with Gasteiger partial charge in [-0.1, -0.05) is 44.2 Å². The second kappa shape index (κ2) is 5.27. The summed E-state index contributed by atoms with van der Waals surface area (Å²) in [5.74, 6) is -1.86. The molecule has 1 amide bonds. The average Bonchev–Trinajstić information content (AvgIpc) is 2.99. The third-order valence-corrected chi connectivity index (χ3v) is 4.31. The number of nitrogens with zero attached hydrogens (tertiary/aromatic N) is 1. The van der Waals surface area contributed by atoms with Gasteiger partial charge >= 0.3 is 5.97 Å². The Morgan fingerprint density at radius 1 is 1.20 bits per heavy atom. The summed E-state index contributed by atoms with van der Waals surface area (Å²) in [6.45, 7) is 4.31. The lowest BCUT2D eigenvalue weighted by molar-refractivity contribution is -0.141. The molecule has 1 saturated carbocycles. The number of hydrogen-bond acceptors (Lipinski definition) is 2. The third kappa shape index (κ3) is 2.69. The van der Waals surface area contributed by atoms with Crippen molar-refractivity contribution >= 4 is 11.9 Å². The third-order valence-electron chi connectivity index (χ3n) is 4.31. The van der Waals surface area contributed by atoms with Crippen LogP contribution in [0.4, 0.5) is 0 Å². The minimum atomic E-state index is -0.871. The predicted molar refractivity (Wildman–Crippen MR) is 76.2 cm³/mol. The molecule has 1 N–H and O–H groups in total. The van der Waals surface area contributed by atoms with Gasteiger partial charge in [-0.25, -0.2) is 0 Å². The van der Waals surface area contributed by atoms with Crippen LogP contribution in [0, 0.1) is 17.3 Å². The predicted octanol–water partition coefficient (Wildman–Crippen LogP) is 2.04. The van der Waals surface area contributed by atoms with Crippen molar-refractivity contribution in [2.24, 2.45) is 17.3 Å². The molecule has 0 saturated heterocycles. The van der Waals surface area contributed by atoms with Crippen molar-refractivity contribution in [3.63, 3.8) is 0 Å². The highest BCUT2D eigenvalue weighted by Crippen LogP contribution is 2.58. The minimum Gasteiger partial charge on any atom is -0.481 e. The number of likely N-dealkylation sites (N-methyl/N-ethyl adjacent to an activating group) is 1. The van der Waals surface area contributed by atoms with Gasteiger partial charge in [0.15, 0.2) is 0 Å². The Morgan fingerprint density at radius 3 is 2.30 bits per heavy atom. The molecule has 4 heteroatoms. The number of aliphatic carboxylic acids is 1. The van der Waals surface area contributed by atoms with E-state index in [1.165, 1.54) is 5.56 Å². The summed E-state index contributed by atoms with van der Waals surface area (Å²) in [6.07, 6.45) is 0.786. The summed E-state index contributed by atoms with van der Waals surface area (Å²) in [5, 5.41) is 9.13. The molecule has 1 aliphatic rings. The minimum absolute atomic E-state index is 0.0571. The highest BCUT2D eigenvalue weighted by atomic mass is 16.4. The van der Waals surface area contributed by atoms with Crippen LogP contribution in [0.2, 0.25) is 0 Å². The van der Waals surface area contributed by atoms with E-state index in [-0.39, 0.29) is 11.8 Å². The topological polar surface area (TPSA) is 57.6 Å². The number of hydrogen-bond donors (Lipinski definition) is 1. The molecule has 4 nitrogen and oxygen atoms in total. The van der Waals surface area contributed by atoms with E-state index >= 15 is 0 Å². The second-order valence-electron chi connectivity index (χ2n) is 6.11. The first-order valence-electron chi connectivity index (χ1n) is 6.87. The van der Waals surface area contributed by atoms with Crippen molar-refractivity contribution in [3.05, 3.63) is 35.9 Å². The zero-order valence-corrected chi connectivity index (χ0v) is 12.2. The summed E-state index contributed by atoms with van der Waals surface area (Å²) < 4.78 is 0. The Labute approximate surface area is 119 Å². The Bertz CT molecular complexity index is 510. The number of amides is 1. The molecule has 0 heterocycles. The van der Waals surface area contributed by atoms with Crippen molar-refractivity contribution in [2.45, 2.75) is 20.3 Å². The van der Waals surface area contributed by atoms with Crippen LogP contribution >= 0.6 is 0 Å². The van der Waals surface area contributed by atoms with Crippen LogP contribution in [0.3, 0.4) is 0 Å². The molecule has 0 aromatic heterocycles. The number of benzene rings is 1. The summed E-state index contributed by atoms with van der Waals surface area (Å²) in [7, 11) is 1.75. The molecule has 108 valence electrons. The molecule has 1 aromatic carbocycles. The highest BCUT2D eigenvalue weighted by Gasteiger charge is 2.66. The summed E-state index contributed by atoms with van der Waals surface area (Å²) >= 11 is 0. The fourth-order valence-corrected chi connectivity index (χ4v) is 2.85. The molecule has 20 heavy (non-hydrogen) atoms. The highest BCUT2D eigenvalue weighted by molar-refractivity contribution is 5.91. The van der Waals surface area contributed by atoms with Crippen LogP contribution in [0.5, 0.6) is 0 Å². The van der Waals surface area contributed by atoms with Gasteiger partial charge in [0.2, 0.25) is 5.91 Å². The van der Waals surface area contributed by atoms with Crippen molar-refractivity contribution in [2.75, 3.05) is 13.6 Å². The Kier molecular flexibility index (Phi) is 3.84. The molecule has 0 radical (unpaired) electrons. The van der Waals surface area contributed by atoms with Crippen LogP contribution in [0.15, 0.2) is 30.3 Å². The number of carbonyl (C=O) groups is 2. The van der Waals surface area contributed by atoms with E-state index in [1.807, 2.05) is 44.2 Å². The molecule has 0 aliphatic heterocycles. The van der Waals surface area contributed by atoms with E-state index in [0.29, 0.717) is 6.54 Å². The van der Waals surface area contributed by atoms with Crippen LogP contribution in [-0.4, -0.2) is 35.5 Å². The SMILES string of the molecule is CN(CCc1ccccc1)C(=O)[C@@H]1[C@H](C(=O)O)C1(C)C. The summed E-state index contributed by atoms with van der Waals surface area (Å²) in [4.78, 5) is 25.1. The van der Waals surface area contributed by atoms with Gasteiger partial charge in [-0.05, 0) is 17.4 Å². The Hall–Kier alpha value is -1.84. The van der Waals surface area contributed by atoms with Gasteiger partial charge in [-0.3, -0.25) is 9.59 Å². The van der Waals surface area contributed by atoms with Gasteiger partial charge in [0.25, 0.3) is 0 Å². The standard InChI is InChI=1S/C16H21NO3/c1-16(2)12(13(16)15(19)20)14(18)17(3)10-9-11-7-5-4-6-8-11/h4-8,12-13H,9-10H2,1-3H3,(H,19,20)/t12-,13+/m0/s1. The molecule has 0 unspecified atom stereocenters. The van der Waals surface area contributed by atoms with Crippen LogP contribution in [0.25, 0.3) is 0 Å². The number of rotatable bonds is 5. The van der Waals surface area contributed by atoms with Crippen LogP contribution in [0.1, 0.15) is 19.4 Å². The zero-order valence-electron chi connectivity index (χ0n) is 12.2. The largest absolute Gasteiger partial charge is 0.481 e. The number of carboxylic acids is 1. The lowest BCUT2D eigenvalue weighted by Crippen LogP contribution is -2.31. The normalized spacial score (nSPS) is 23.1. The van der Waals surface area contributed by atoms with Crippen molar-refractivity contribution < 1.29 is 14.7 Å². The van der Waals surface area contributed by atoms with E-state index in [0.717, 1.165) is 6.42 Å². The Morgan fingerprint density at radius 2 is 1.80 bits per heavy atom. The number of carboxylic acid groups (broad SMARTS) is 1. The lowest BCUT2D eigenvalue weighted by Gasteiger charge is -2.18. The summed E-state index contributed by atoms with van der Waals surface area (Å²) in [6, 6.07) is 9.96. The van der Waals surface area contributed by atoms with Crippen molar-refractivity contribution in [1.29, 1.82) is 0 Å². The van der Waals surface area contributed by atoms with Crippen molar-refractivity contribution in [3.8, 4) is 0 Å². The van der Waals surface area contributed by atoms with Gasteiger partial charge < -0.3 is 10.0 Å². The fourth-order valence-electron chi connectivity index (χ4n) is 2.85. The molecule has 1 aromatic rings. The molecular formula is C16H21NO3. The molecule has 0 spiro atoms. The molecule has 0 bridgehead atoms. The van der Waals surface area contributed by atoms with E-state index in [2.05, 4.69) is 0 Å². The van der Waals surface area contributed by atoms with Crippen LogP contribution < -0.4 is 0 Å². The van der Waals surface area contributed by atoms with Crippen LogP contribution in [-0.2, 0) is 16.0 Å². The quantitative estimate of drug-likeness (QED) is 0.894. The summed E-state index contributed by atoms with van der Waals surface area (Å²) in [5.41, 5.74) is 0.751. The molecule has 1 fully saturated rings. The van der Waals surface area contributed by atoms with E-state index < -0.39 is 17.3 Å². The van der Waals surface area contributed by atoms with E-state index in [1.54, 1.807) is 11.9 Å². The molecule has 2 rings (SSSR count). The Balaban J connectivity index is 1.92. The first-order chi connectivity index (χ1) is 9.35. The fraction of sp³-hybridized carbons (Fsp3) is 0.500. The lowest BCUT2D eigenvalue weighted by atomic mass is 10.1. The zero-order chi connectivity index (χ0) is 14.9. The maximum Gasteiger partial charge on any atom is 0.307 e. The van der Waals surface area contributed by atoms with E-state index in [9.17, 15) is 9.59 Å². The van der Waals surface area contributed by atoms with Gasteiger partial charge in [0.05, 0.1) is 11.8 Å². The van der Waals surface area contributed by atoms with Gasteiger partial charge in [0, 0.05) is 13.6 Å². The maximum absolute atomic E-state index is 12.3. The van der Waals surface area contributed by atoms with E-state index in [4.69, 9.17) is 5.11 Å². The second-order valence-corrected chi connectivity index (χ2v) is 6.11. The maximum atomic E-state index is 12.3. The number of carbonyl (C=O) groups excluding carboxylic acids is 1. The first kappa shape index (κ1) is 14.6. The smallest absolute Gasteiger partial charge is 0.307 e. The van der Waals surface area contributed by atoms with Gasteiger partial charge in [0.1, 0.15) is 0 Å². The van der Waals surface area contributed by atoms with Gasteiger partial charge in [-0.15, -0.1) is 0 Å².